The molecule has 0 aliphatic carbocycles. The predicted molar refractivity (Wildman–Crippen MR) is 98.8 cm³/mol. The van der Waals surface area contributed by atoms with Crippen LogP contribution in [0.2, 0.25) is 0 Å². The lowest BCUT2D eigenvalue weighted by Gasteiger charge is -2.42. The Morgan fingerprint density at radius 1 is 1.17 bits per heavy atom. The van der Waals surface area contributed by atoms with Gasteiger partial charge in [-0.1, -0.05) is 65.3 Å². The second kappa shape index (κ2) is 6.98. The van der Waals surface area contributed by atoms with E-state index in [0.29, 0.717) is 6.54 Å². The minimum Gasteiger partial charge on any atom is -0.438 e. The monoisotopic (exact) mass is 387 g/mol. The lowest BCUT2D eigenvalue weighted by atomic mass is 9.90. The van der Waals surface area contributed by atoms with Crippen molar-refractivity contribution in [2.45, 2.75) is 38.3 Å². The molecular formula is C20H22BrNO2. The number of benzene rings is 2. The Balaban J connectivity index is 1.80. The van der Waals surface area contributed by atoms with Gasteiger partial charge in [-0.15, -0.1) is 0 Å². The molecular weight excluding hydrogens is 366 g/mol. The summed E-state index contributed by atoms with van der Waals surface area (Å²) in [4.78, 5) is 14.6. The average Bonchev–Trinajstić information content (AvgIpc) is 2.60. The Labute approximate surface area is 151 Å². The molecule has 2 aromatic rings. The molecule has 1 saturated heterocycles. The molecule has 0 N–H and O–H groups in total. The average molecular weight is 388 g/mol. The summed E-state index contributed by atoms with van der Waals surface area (Å²) >= 11 is 3.46. The maximum atomic E-state index is 12.7. The van der Waals surface area contributed by atoms with Crippen LogP contribution in [0.1, 0.15) is 43.9 Å². The summed E-state index contributed by atoms with van der Waals surface area (Å²) in [5.41, 5.74) is 1.64. The summed E-state index contributed by atoms with van der Waals surface area (Å²) in [5, 5.41) is 0. The van der Waals surface area contributed by atoms with Crippen LogP contribution in [0.5, 0.6) is 0 Å². The number of hydrogen-bond donors (Lipinski definition) is 0. The number of cyclic esters (lactones) is 1. The van der Waals surface area contributed by atoms with Gasteiger partial charge in [-0.25, -0.2) is 4.79 Å². The minimum absolute atomic E-state index is 0.0472. The highest BCUT2D eigenvalue weighted by atomic mass is 79.9. The number of hydrogen-bond acceptors (Lipinski definition) is 2. The summed E-state index contributed by atoms with van der Waals surface area (Å²) < 4.78 is 6.92. The van der Waals surface area contributed by atoms with E-state index in [0.717, 1.165) is 28.4 Å². The van der Waals surface area contributed by atoms with Crippen molar-refractivity contribution in [1.29, 1.82) is 0 Å². The highest BCUT2D eigenvalue weighted by molar-refractivity contribution is 9.10. The molecule has 1 aliphatic heterocycles. The zero-order chi connectivity index (χ0) is 17.2. The Hall–Kier alpha value is -1.81. The van der Waals surface area contributed by atoms with Gasteiger partial charge in [-0.2, -0.15) is 0 Å². The lowest BCUT2D eigenvalue weighted by molar-refractivity contribution is -0.0511. The Kier molecular flexibility index (Phi) is 4.95. The third-order valence-electron chi connectivity index (χ3n) is 4.78. The molecule has 24 heavy (non-hydrogen) atoms. The van der Waals surface area contributed by atoms with Crippen molar-refractivity contribution in [3.8, 4) is 0 Å². The van der Waals surface area contributed by atoms with Gasteiger partial charge >= 0.3 is 6.09 Å². The standard InChI is InChI=1S/C20H22BrNO2/c1-3-18(15-9-11-17(21)12-10-15)22-14-13-20(2,24-19(22)23)16-7-5-4-6-8-16/h4-12,18H,3,13-14H2,1-2H3/t18-,20?/m0/s1. The zero-order valence-corrected chi connectivity index (χ0v) is 15.6. The van der Waals surface area contributed by atoms with E-state index in [9.17, 15) is 4.79 Å². The summed E-state index contributed by atoms with van der Waals surface area (Å²) in [6.07, 6.45) is 1.41. The van der Waals surface area contributed by atoms with Gasteiger partial charge in [0.15, 0.2) is 0 Å². The van der Waals surface area contributed by atoms with Crippen molar-refractivity contribution in [3.63, 3.8) is 0 Å². The summed E-state index contributed by atoms with van der Waals surface area (Å²) in [5.74, 6) is 0. The Bertz CT molecular complexity index is 701. The fourth-order valence-electron chi connectivity index (χ4n) is 3.33. The first-order valence-corrected chi connectivity index (χ1v) is 9.13. The van der Waals surface area contributed by atoms with E-state index < -0.39 is 5.60 Å². The first kappa shape index (κ1) is 17.0. The number of nitrogens with zero attached hydrogens (tertiary/aromatic N) is 1. The first-order chi connectivity index (χ1) is 11.5. The van der Waals surface area contributed by atoms with E-state index in [2.05, 4.69) is 35.0 Å². The van der Waals surface area contributed by atoms with Crippen molar-refractivity contribution >= 4 is 22.0 Å². The zero-order valence-electron chi connectivity index (χ0n) is 14.0. The smallest absolute Gasteiger partial charge is 0.411 e. The van der Waals surface area contributed by atoms with Crippen LogP contribution in [-0.4, -0.2) is 17.5 Å². The van der Waals surface area contributed by atoms with E-state index in [1.54, 1.807) is 0 Å². The SMILES string of the molecule is CC[C@@H](c1ccc(Br)cc1)N1CCC(C)(c2ccccc2)OC1=O. The third-order valence-corrected chi connectivity index (χ3v) is 5.31. The van der Waals surface area contributed by atoms with Crippen LogP contribution in [0.3, 0.4) is 0 Å². The van der Waals surface area contributed by atoms with E-state index >= 15 is 0 Å². The molecule has 2 atom stereocenters. The van der Waals surface area contributed by atoms with Crippen LogP contribution >= 0.6 is 15.9 Å². The van der Waals surface area contributed by atoms with Gasteiger partial charge in [0.25, 0.3) is 0 Å². The highest BCUT2D eigenvalue weighted by Gasteiger charge is 2.40. The number of halogens is 1. The quantitative estimate of drug-likeness (QED) is 0.677. The number of amides is 1. The Morgan fingerprint density at radius 3 is 2.42 bits per heavy atom. The van der Waals surface area contributed by atoms with Crippen molar-refractivity contribution in [1.82, 2.24) is 4.90 Å². The highest BCUT2D eigenvalue weighted by Crippen LogP contribution is 2.37. The molecule has 3 rings (SSSR count). The molecule has 3 nitrogen and oxygen atoms in total. The van der Waals surface area contributed by atoms with E-state index in [1.807, 2.05) is 54.3 Å². The molecule has 1 aliphatic rings. The van der Waals surface area contributed by atoms with Crippen LogP contribution in [-0.2, 0) is 10.3 Å². The summed E-state index contributed by atoms with van der Waals surface area (Å²) in [6, 6.07) is 18.2. The molecule has 0 bridgehead atoms. The van der Waals surface area contributed by atoms with Crippen LogP contribution in [0, 0.1) is 0 Å². The molecule has 4 heteroatoms. The van der Waals surface area contributed by atoms with Crippen LogP contribution in [0.25, 0.3) is 0 Å². The van der Waals surface area contributed by atoms with Crippen molar-refractivity contribution < 1.29 is 9.53 Å². The Morgan fingerprint density at radius 2 is 1.83 bits per heavy atom. The van der Waals surface area contributed by atoms with E-state index in [1.165, 1.54) is 0 Å². The van der Waals surface area contributed by atoms with Gasteiger partial charge in [0.1, 0.15) is 5.60 Å². The molecule has 2 aromatic carbocycles. The lowest BCUT2D eigenvalue weighted by Crippen LogP contribution is -2.47. The largest absolute Gasteiger partial charge is 0.438 e. The molecule has 0 radical (unpaired) electrons. The molecule has 1 unspecified atom stereocenters. The van der Waals surface area contributed by atoms with Crippen molar-refractivity contribution in [2.24, 2.45) is 0 Å². The molecule has 0 saturated carbocycles. The van der Waals surface area contributed by atoms with Crippen molar-refractivity contribution in [2.75, 3.05) is 6.54 Å². The van der Waals surface area contributed by atoms with Gasteiger partial charge < -0.3 is 9.64 Å². The van der Waals surface area contributed by atoms with Crippen LogP contribution in [0.15, 0.2) is 59.1 Å². The normalized spacial score (nSPS) is 22.1. The number of carbonyl (C=O) groups excluding carboxylic acids is 1. The number of ether oxygens (including phenoxy) is 1. The van der Waals surface area contributed by atoms with Gasteiger partial charge in [-0.05, 0) is 36.6 Å². The minimum atomic E-state index is -0.549. The van der Waals surface area contributed by atoms with Gasteiger partial charge in [0.2, 0.25) is 0 Å². The molecule has 1 fully saturated rings. The second-order valence-electron chi connectivity index (χ2n) is 6.38. The maximum absolute atomic E-state index is 12.7. The molecule has 0 spiro atoms. The van der Waals surface area contributed by atoms with Crippen LogP contribution in [0.4, 0.5) is 4.79 Å². The molecule has 1 heterocycles. The number of rotatable bonds is 4. The second-order valence-corrected chi connectivity index (χ2v) is 7.30. The fraction of sp³-hybridized carbons (Fsp3) is 0.350. The van der Waals surface area contributed by atoms with Gasteiger partial charge in [-0.3, -0.25) is 0 Å². The predicted octanol–water partition coefficient (Wildman–Crippen LogP) is 5.66. The van der Waals surface area contributed by atoms with Crippen LogP contribution < -0.4 is 0 Å². The van der Waals surface area contributed by atoms with Crippen molar-refractivity contribution in [3.05, 3.63) is 70.2 Å². The van der Waals surface area contributed by atoms with Gasteiger partial charge in [0, 0.05) is 17.4 Å². The maximum Gasteiger partial charge on any atom is 0.411 e. The molecule has 126 valence electrons. The summed E-state index contributed by atoms with van der Waals surface area (Å²) in [7, 11) is 0. The molecule has 1 amide bonds. The van der Waals surface area contributed by atoms with Gasteiger partial charge in [0.05, 0.1) is 6.04 Å². The molecule has 0 aromatic heterocycles. The van der Waals surface area contributed by atoms with E-state index in [-0.39, 0.29) is 12.1 Å². The first-order valence-electron chi connectivity index (χ1n) is 8.34. The van der Waals surface area contributed by atoms with E-state index in [4.69, 9.17) is 4.74 Å². The fourth-order valence-corrected chi connectivity index (χ4v) is 3.59. The third kappa shape index (κ3) is 3.34. The number of carbonyl (C=O) groups is 1. The summed E-state index contributed by atoms with van der Waals surface area (Å²) in [6.45, 7) is 4.79. The topological polar surface area (TPSA) is 29.5 Å².